The molecule has 1 saturated heterocycles. The van der Waals surface area contributed by atoms with Gasteiger partial charge in [-0.2, -0.15) is 0 Å². The van der Waals surface area contributed by atoms with E-state index in [-0.39, 0.29) is 0 Å². The van der Waals surface area contributed by atoms with Gasteiger partial charge >= 0.3 is 0 Å². The Morgan fingerprint density at radius 1 is 1.33 bits per heavy atom. The molecule has 0 bridgehead atoms. The maximum absolute atomic E-state index is 10.1. The predicted octanol–water partition coefficient (Wildman–Crippen LogP) is 2.74. The molecule has 4 unspecified atom stereocenters. The molecule has 1 heterocycles. The molecule has 1 N–H and O–H groups in total. The first kappa shape index (κ1) is 11.4. The number of aliphatic hydroxyl groups is 1. The lowest BCUT2D eigenvalue weighted by Gasteiger charge is -2.40. The summed E-state index contributed by atoms with van der Waals surface area (Å²) in [7, 11) is 0. The highest BCUT2D eigenvalue weighted by molar-refractivity contribution is 4.87. The second kappa shape index (κ2) is 4.42. The van der Waals surface area contributed by atoms with E-state index < -0.39 is 5.60 Å². The van der Waals surface area contributed by atoms with E-state index in [1.807, 2.05) is 6.92 Å². The van der Waals surface area contributed by atoms with Crippen molar-refractivity contribution in [2.24, 2.45) is 11.8 Å². The minimum absolute atomic E-state index is 0.417. The van der Waals surface area contributed by atoms with Gasteiger partial charge in [0, 0.05) is 6.61 Å². The number of ether oxygens (including phenoxy) is 1. The van der Waals surface area contributed by atoms with Crippen molar-refractivity contribution >= 4 is 0 Å². The molecule has 15 heavy (non-hydrogen) atoms. The summed E-state index contributed by atoms with van der Waals surface area (Å²) in [5, 5.41) is 10.1. The number of hydrogen-bond donors (Lipinski definition) is 1. The zero-order valence-electron chi connectivity index (χ0n) is 10.0. The zero-order valence-corrected chi connectivity index (χ0v) is 10.0. The Kier molecular flexibility index (Phi) is 3.36. The summed E-state index contributed by atoms with van der Waals surface area (Å²) < 4.78 is 5.87. The predicted molar refractivity (Wildman–Crippen MR) is 60.7 cm³/mol. The minimum atomic E-state index is -0.438. The van der Waals surface area contributed by atoms with Crippen LogP contribution in [-0.2, 0) is 4.74 Å². The van der Waals surface area contributed by atoms with Gasteiger partial charge in [-0.25, -0.2) is 0 Å². The van der Waals surface area contributed by atoms with E-state index in [0.717, 1.165) is 31.8 Å². The van der Waals surface area contributed by atoms with Crippen molar-refractivity contribution in [1.82, 2.24) is 0 Å². The summed E-state index contributed by atoms with van der Waals surface area (Å²) in [6, 6.07) is 0. The van der Waals surface area contributed by atoms with Crippen molar-refractivity contribution in [3.05, 3.63) is 0 Å². The molecule has 0 amide bonds. The summed E-state index contributed by atoms with van der Waals surface area (Å²) in [5.74, 6) is 1.40. The zero-order chi connectivity index (χ0) is 10.9. The van der Waals surface area contributed by atoms with Gasteiger partial charge in [-0.3, -0.25) is 0 Å². The van der Waals surface area contributed by atoms with Crippen molar-refractivity contribution < 1.29 is 9.84 Å². The molecule has 2 nitrogen and oxygen atoms in total. The highest BCUT2D eigenvalue weighted by Crippen LogP contribution is 2.38. The standard InChI is InChI=1S/C13H24O2/c1-10-5-7-15-12(8-10)11-4-3-6-13(2,14)9-11/h10-12,14H,3-9H2,1-2H3. The molecule has 0 radical (unpaired) electrons. The molecule has 2 aliphatic rings. The highest BCUT2D eigenvalue weighted by Gasteiger charge is 2.36. The van der Waals surface area contributed by atoms with E-state index >= 15 is 0 Å². The van der Waals surface area contributed by atoms with Crippen LogP contribution in [-0.4, -0.2) is 23.4 Å². The molecule has 2 heteroatoms. The van der Waals surface area contributed by atoms with Crippen LogP contribution in [0.3, 0.4) is 0 Å². The third-order valence-corrected chi connectivity index (χ3v) is 4.10. The summed E-state index contributed by atoms with van der Waals surface area (Å²) in [6.07, 6.45) is 7.12. The molecule has 1 aliphatic carbocycles. The fourth-order valence-corrected chi connectivity index (χ4v) is 3.16. The van der Waals surface area contributed by atoms with Crippen molar-refractivity contribution in [3.63, 3.8) is 0 Å². The third kappa shape index (κ3) is 2.94. The molecule has 1 saturated carbocycles. The topological polar surface area (TPSA) is 29.5 Å². The normalized spacial score (nSPS) is 47.8. The van der Waals surface area contributed by atoms with E-state index in [9.17, 15) is 5.11 Å². The van der Waals surface area contributed by atoms with Gasteiger partial charge in [-0.15, -0.1) is 0 Å². The van der Waals surface area contributed by atoms with Crippen molar-refractivity contribution in [2.45, 2.75) is 64.1 Å². The van der Waals surface area contributed by atoms with Gasteiger partial charge in [0.05, 0.1) is 11.7 Å². The third-order valence-electron chi connectivity index (χ3n) is 4.10. The molecule has 0 spiro atoms. The maximum Gasteiger partial charge on any atom is 0.0623 e. The van der Waals surface area contributed by atoms with E-state index in [1.54, 1.807) is 0 Å². The summed E-state index contributed by atoms with van der Waals surface area (Å²) in [6.45, 7) is 5.21. The van der Waals surface area contributed by atoms with Crippen molar-refractivity contribution in [3.8, 4) is 0 Å². The monoisotopic (exact) mass is 212 g/mol. The van der Waals surface area contributed by atoms with Crippen LogP contribution in [0.4, 0.5) is 0 Å². The quantitative estimate of drug-likeness (QED) is 0.724. The van der Waals surface area contributed by atoms with E-state index in [2.05, 4.69) is 6.92 Å². The van der Waals surface area contributed by atoms with Crippen LogP contribution < -0.4 is 0 Å². The molecule has 2 rings (SSSR count). The first-order chi connectivity index (χ1) is 7.07. The van der Waals surface area contributed by atoms with Gasteiger partial charge < -0.3 is 9.84 Å². The Labute approximate surface area is 93.0 Å². The molecule has 0 aromatic carbocycles. The Bertz CT molecular complexity index is 213. The largest absolute Gasteiger partial charge is 0.390 e. The van der Waals surface area contributed by atoms with Crippen molar-refractivity contribution in [2.75, 3.05) is 6.61 Å². The fourth-order valence-electron chi connectivity index (χ4n) is 3.16. The lowest BCUT2D eigenvalue weighted by Crippen LogP contribution is -2.40. The fraction of sp³-hybridized carbons (Fsp3) is 1.00. The first-order valence-corrected chi connectivity index (χ1v) is 6.41. The van der Waals surface area contributed by atoms with E-state index in [0.29, 0.717) is 12.0 Å². The Hall–Kier alpha value is -0.0800. The van der Waals surface area contributed by atoms with Crippen molar-refractivity contribution in [1.29, 1.82) is 0 Å². The Morgan fingerprint density at radius 2 is 2.13 bits per heavy atom. The molecular formula is C13H24O2. The van der Waals surface area contributed by atoms with Crippen LogP contribution in [0.15, 0.2) is 0 Å². The van der Waals surface area contributed by atoms with Crippen LogP contribution in [0.1, 0.15) is 52.4 Å². The van der Waals surface area contributed by atoms with Gasteiger partial charge in [0.1, 0.15) is 0 Å². The second-order valence-electron chi connectivity index (χ2n) is 5.89. The SMILES string of the molecule is CC1CCOC(C2CCCC(C)(O)C2)C1. The molecule has 2 fully saturated rings. The molecule has 1 aliphatic heterocycles. The summed E-state index contributed by atoms with van der Waals surface area (Å²) in [5.41, 5.74) is -0.438. The Morgan fingerprint density at radius 3 is 2.80 bits per heavy atom. The van der Waals surface area contributed by atoms with Gasteiger partial charge in [0.2, 0.25) is 0 Å². The molecule has 0 aromatic rings. The average Bonchev–Trinajstić information content (AvgIpc) is 2.16. The maximum atomic E-state index is 10.1. The van der Waals surface area contributed by atoms with Crippen LogP contribution in [0.2, 0.25) is 0 Å². The molecule has 88 valence electrons. The first-order valence-electron chi connectivity index (χ1n) is 6.41. The van der Waals surface area contributed by atoms with E-state index in [1.165, 1.54) is 19.3 Å². The van der Waals surface area contributed by atoms with Gasteiger partial charge in [0.25, 0.3) is 0 Å². The number of rotatable bonds is 1. The smallest absolute Gasteiger partial charge is 0.0623 e. The lowest BCUT2D eigenvalue weighted by atomic mass is 9.74. The van der Waals surface area contributed by atoms with Crippen LogP contribution in [0.5, 0.6) is 0 Å². The average molecular weight is 212 g/mol. The number of hydrogen-bond acceptors (Lipinski definition) is 2. The van der Waals surface area contributed by atoms with Gasteiger partial charge in [-0.05, 0) is 50.9 Å². The van der Waals surface area contributed by atoms with Crippen LogP contribution in [0.25, 0.3) is 0 Å². The Balaban J connectivity index is 1.92. The molecule has 0 aromatic heterocycles. The van der Waals surface area contributed by atoms with Crippen LogP contribution >= 0.6 is 0 Å². The van der Waals surface area contributed by atoms with E-state index in [4.69, 9.17) is 4.74 Å². The van der Waals surface area contributed by atoms with Crippen LogP contribution in [0, 0.1) is 11.8 Å². The summed E-state index contributed by atoms with van der Waals surface area (Å²) >= 11 is 0. The van der Waals surface area contributed by atoms with Gasteiger partial charge in [-0.1, -0.05) is 13.3 Å². The summed E-state index contributed by atoms with van der Waals surface area (Å²) in [4.78, 5) is 0. The highest BCUT2D eigenvalue weighted by atomic mass is 16.5. The minimum Gasteiger partial charge on any atom is -0.390 e. The lowest BCUT2D eigenvalue weighted by molar-refractivity contribution is -0.0831. The second-order valence-corrected chi connectivity index (χ2v) is 5.89. The molecular weight excluding hydrogens is 188 g/mol. The van der Waals surface area contributed by atoms with Gasteiger partial charge in [0.15, 0.2) is 0 Å². The molecule has 4 atom stereocenters.